The Morgan fingerprint density at radius 3 is 2.27 bits per heavy atom. The molecular formula is C43H67NO11. The van der Waals surface area contributed by atoms with Crippen molar-refractivity contribution in [1.29, 1.82) is 0 Å². The van der Waals surface area contributed by atoms with Crippen molar-refractivity contribution in [2.75, 3.05) is 20.8 Å². The zero-order valence-corrected chi connectivity index (χ0v) is 34.1. The molecule has 0 spiro atoms. The van der Waals surface area contributed by atoms with E-state index >= 15 is 0 Å². The van der Waals surface area contributed by atoms with Crippen LogP contribution in [0.1, 0.15) is 112 Å². The number of methoxy groups -OCH3 is 2. The van der Waals surface area contributed by atoms with E-state index in [9.17, 15) is 34.5 Å². The molecule has 4 rings (SSSR count). The number of cyclic esters (lactones) is 1. The minimum Gasteiger partial charge on any atom is -0.456 e. The second kappa shape index (κ2) is 20.1. The molecule has 3 N–H and O–H groups in total. The molecule has 2 saturated heterocycles. The highest BCUT2D eigenvalue weighted by Crippen LogP contribution is 2.39. The molecule has 3 fully saturated rings. The van der Waals surface area contributed by atoms with Crippen LogP contribution in [0.3, 0.4) is 0 Å². The van der Waals surface area contributed by atoms with Crippen LogP contribution in [0.15, 0.2) is 36.0 Å². The Bertz CT molecular complexity index is 1420. The van der Waals surface area contributed by atoms with Crippen LogP contribution < -0.4 is 0 Å². The van der Waals surface area contributed by atoms with E-state index in [0.29, 0.717) is 50.5 Å². The molecule has 12 nitrogen and oxygen atoms in total. The number of ether oxygens (including phenoxy) is 4. The lowest BCUT2D eigenvalue weighted by atomic mass is 9.82. The fourth-order valence-corrected chi connectivity index (χ4v) is 9.14. The lowest BCUT2D eigenvalue weighted by molar-refractivity contribution is -0.302. The summed E-state index contributed by atoms with van der Waals surface area (Å²) >= 11 is 0. The van der Waals surface area contributed by atoms with Gasteiger partial charge < -0.3 is 39.2 Å². The topological polar surface area (TPSA) is 169 Å². The molecule has 4 aliphatic rings. The lowest BCUT2D eigenvalue weighted by Crippen LogP contribution is -2.64. The number of fused-ring (bicyclic) bond motifs is 3. The van der Waals surface area contributed by atoms with Crippen molar-refractivity contribution in [3.8, 4) is 0 Å². The van der Waals surface area contributed by atoms with Crippen LogP contribution in [0, 0.1) is 29.6 Å². The molecule has 1 amide bonds. The number of aliphatic hydroxyl groups is 3. The molecule has 0 aromatic carbocycles. The summed E-state index contributed by atoms with van der Waals surface area (Å²) in [4.78, 5) is 57.6. The van der Waals surface area contributed by atoms with Gasteiger partial charge in [-0.1, -0.05) is 44.6 Å². The first-order valence-electron chi connectivity index (χ1n) is 20.4. The molecule has 12 heteroatoms. The number of rotatable bonds is 6. The number of allylic oxidation sites excluding steroid dienone is 4. The first-order chi connectivity index (χ1) is 26.0. The third-order valence-corrected chi connectivity index (χ3v) is 12.5. The van der Waals surface area contributed by atoms with Crippen LogP contribution in [-0.2, 0) is 38.1 Å². The third-order valence-electron chi connectivity index (χ3n) is 12.5. The maximum absolute atomic E-state index is 14.2. The Morgan fingerprint density at radius 1 is 0.982 bits per heavy atom. The summed E-state index contributed by atoms with van der Waals surface area (Å²) in [6, 6.07) is -1.12. The molecule has 3 heterocycles. The molecule has 1 aliphatic carbocycles. The normalized spacial score (nSPS) is 40.7. The molecular weight excluding hydrogens is 706 g/mol. The molecule has 310 valence electrons. The van der Waals surface area contributed by atoms with Gasteiger partial charge >= 0.3 is 5.97 Å². The van der Waals surface area contributed by atoms with Crippen molar-refractivity contribution in [2.45, 2.75) is 160 Å². The van der Waals surface area contributed by atoms with Gasteiger partial charge in [0.1, 0.15) is 24.0 Å². The number of aliphatic hydroxyl groups excluding tert-OH is 2. The van der Waals surface area contributed by atoms with E-state index in [0.717, 1.165) is 18.4 Å². The number of esters is 1. The van der Waals surface area contributed by atoms with Gasteiger partial charge in [0.25, 0.3) is 11.7 Å². The molecule has 55 heavy (non-hydrogen) atoms. The minimum atomic E-state index is -2.50. The number of piperidine rings is 1. The van der Waals surface area contributed by atoms with E-state index < -0.39 is 77.8 Å². The van der Waals surface area contributed by atoms with E-state index in [-0.39, 0.29) is 49.5 Å². The van der Waals surface area contributed by atoms with Crippen LogP contribution in [0.25, 0.3) is 0 Å². The van der Waals surface area contributed by atoms with E-state index in [2.05, 4.69) is 6.58 Å². The molecule has 0 radical (unpaired) electrons. The van der Waals surface area contributed by atoms with Crippen LogP contribution in [-0.4, -0.2) is 113 Å². The molecule has 0 unspecified atom stereocenters. The first kappa shape index (κ1) is 45.0. The van der Waals surface area contributed by atoms with Gasteiger partial charge in [-0.3, -0.25) is 14.4 Å². The fourth-order valence-electron chi connectivity index (χ4n) is 9.14. The molecule has 0 aromatic rings. The van der Waals surface area contributed by atoms with E-state index in [1.165, 1.54) is 19.1 Å². The van der Waals surface area contributed by atoms with Gasteiger partial charge in [-0.2, -0.15) is 0 Å². The maximum Gasteiger partial charge on any atom is 0.329 e. The summed E-state index contributed by atoms with van der Waals surface area (Å²) in [5.74, 6) is -7.46. The van der Waals surface area contributed by atoms with Gasteiger partial charge in [-0.25, -0.2) is 4.79 Å². The van der Waals surface area contributed by atoms with Gasteiger partial charge in [0.05, 0.1) is 24.4 Å². The number of hydrogen-bond donors (Lipinski definition) is 3. The highest BCUT2D eigenvalue weighted by molar-refractivity contribution is 6.39. The lowest BCUT2D eigenvalue weighted by Gasteiger charge is -2.47. The first-order valence-corrected chi connectivity index (χ1v) is 20.4. The largest absolute Gasteiger partial charge is 0.456 e. The summed E-state index contributed by atoms with van der Waals surface area (Å²) < 4.78 is 24.2. The Balaban J connectivity index is 1.77. The van der Waals surface area contributed by atoms with Crippen molar-refractivity contribution < 1.29 is 53.4 Å². The van der Waals surface area contributed by atoms with E-state index in [1.807, 2.05) is 32.9 Å². The van der Waals surface area contributed by atoms with Gasteiger partial charge in [0.15, 0.2) is 0 Å². The average Bonchev–Trinajstić information content (AvgIpc) is 3.16. The van der Waals surface area contributed by atoms with Gasteiger partial charge in [0.2, 0.25) is 5.79 Å². The summed E-state index contributed by atoms with van der Waals surface area (Å²) in [5, 5.41) is 33.7. The quantitative estimate of drug-likeness (QED) is 0.188. The number of carbonyl (C=O) groups excluding carboxylic acids is 4. The van der Waals surface area contributed by atoms with Crippen molar-refractivity contribution >= 4 is 23.4 Å². The number of ketones is 2. The van der Waals surface area contributed by atoms with Crippen molar-refractivity contribution in [3.63, 3.8) is 0 Å². The Hall–Kier alpha value is -2.74. The smallest absolute Gasteiger partial charge is 0.329 e. The van der Waals surface area contributed by atoms with Crippen molar-refractivity contribution in [1.82, 2.24) is 4.90 Å². The van der Waals surface area contributed by atoms with Crippen LogP contribution in [0.2, 0.25) is 0 Å². The van der Waals surface area contributed by atoms with E-state index in [4.69, 9.17) is 18.9 Å². The predicted molar refractivity (Wildman–Crippen MR) is 206 cm³/mol. The van der Waals surface area contributed by atoms with Gasteiger partial charge in [-0.05, 0) is 102 Å². The molecule has 1 saturated carbocycles. The van der Waals surface area contributed by atoms with Crippen molar-refractivity contribution in [2.24, 2.45) is 29.6 Å². The summed E-state index contributed by atoms with van der Waals surface area (Å²) in [6.45, 7) is 13.2. The molecule has 2 bridgehead atoms. The predicted octanol–water partition coefficient (Wildman–Crippen LogP) is 5.01. The van der Waals surface area contributed by atoms with Gasteiger partial charge in [0, 0.05) is 44.9 Å². The second-order valence-corrected chi connectivity index (χ2v) is 16.9. The molecule has 3 aliphatic heterocycles. The van der Waals surface area contributed by atoms with Gasteiger partial charge in [-0.15, -0.1) is 6.58 Å². The summed E-state index contributed by atoms with van der Waals surface area (Å²) in [5.41, 5.74) is 1.67. The second-order valence-electron chi connectivity index (χ2n) is 16.9. The minimum absolute atomic E-state index is 0.0199. The number of amides is 1. The highest BCUT2D eigenvalue weighted by atomic mass is 16.7. The highest BCUT2D eigenvalue weighted by Gasteiger charge is 2.56. The number of nitrogens with zero attached hydrogens (tertiary/aromatic N) is 1. The zero-order valence-electron chi connectivity index (χ0n) is 34.1. The monoisotopic (exact) mass is 773 g/mol. The standard InChI is InChI=1S/C43H67NO11/c1-9-12-31-20-25(2)19-26(3)21-36(52-7)39-37(53-8)23-28(5)43(51,55-39)40(48)41(49)44-18-11-10-13-33(44)42(50)54-38(29(6)34(46)24-35(31)47)27(4)22-30-14-16-32(45)17-15-30/h9,20,22,26,28-34,36-39,45-46,51H,1,10-19,21,23-24H2,2-8H3/b25-20+,27-22+/t26-,28+,29+,30?,31+,32?,33-,34-,36-,37-,38+,39+,43+/m0/s1. The zero-order chi connectivity index (χ0) is 40.6. The number of Topliss-reactive ketones (excluding diaryl/α,β-unsaturated/α-hetero) is 2. The Morgan fingerprint density at radius 2 is 1.64 bits per heavy atom. The SMILES string of the molecule is C=CC[C@@H]1/C=C(\C)C[C@H](C)C[C@H](OC)[C@H]2O[C@@](O)(C(=O)C(=O)N3CCCC[C@H]3C(=O)O[C@H](/C(C)=C/C3CCC(O)CC3)[C@H](C)[C@@H](O)CC1=O)[C@H](C)C[C@@H]2OC. The van der Waals surface area contributed by atoms with Crippen LogP contribution in [0.4, 0.5) is 0 Å². The number of carbonyl (C=O) groups is 4. The van der Waals surface area contributed by atoms with Crippen molar-refractivity contribution in [3.05, 3.63) is 36.0 Å². The Kier molecular flexibility index (Phi) is 16.4. The summed E-state index contributed by atoms with van der Waals surface area (Å²) in [7, 11) is 3.06. The maximum atomic E-state index is 14.2. The fraction of sp³-hybridized carbons (Fsp3) is 0.767. The molecule has 11 atom stereocenters. The summed E-state index contributed by atoms with van der Waals surface area (Å²) in [6.07, 6.45) is 6.89. The molecule has 0 aromatic heterocycles. The number of hydrogen-bond acceptors (Lipinski definition) is 11. The van der Waals surface area contributed by atoms with Crippen LogP contribution in [0.5, 0.6) is 0 Å². The third kappa shape index (κ3) is 11.0. The van der Waals surface area contributed by atoms with Crippen LogP contribution >= 0.6 is 0 Å². The Labute approximate surface area is 327 Å². The van der Waals surface area contributed by atoms with E-state index in [1.54, 1.807) is 19.9 Å². The average molecular weight is 774 g/mol.